The number of carboxylic acid groups (broad SMARTS) is 1. The Balaban J connectivity index is 3.08. The van der Waals surface area contributed by atoms with Crippen LogP contribution in [-0.2, 0) is 5.41 Å². The summed E-state index contributed by atoms with van der Waals surface area (Å²) in [4.78, 5) is 10.7. The van der Waals surface area contributed by atoms with Crippen molar-refractivity contribution >= 4 is 5.97 Å². The van der Waals surface area contributed by atoms with Gasteiger partial charge in [0, 0.05) is 0 Å². The van der Waals surface area contributed by atoms with E-state index >= 15 is 0 Å². The van der Waals surface area contributed by atoms with Crippen molar-refractivity contribution in [1.82, 2.24) is 0 Å². The van der Waals surface area contributed by atoms with Crippen LogP contribution in [0.4, 0.5) is 0 Å². The highest BCUT2D eigenvalue weighted by Crippen LogP contribution is 2.34. The maximum Gasteiger partial charge on any atom is 0.0715 e. The fourth-order valence-electron chi connectivity index (χ4n) is 2.32. The zero-order valence-corrected chi connectivity index (χ0v) is 10.2. The highest BCUT2D eigenvalue weighted by Gasteiger charge is 2.25. The molecule has 0 amide bonds. The van der Waals surface area contributed by atoms with Crippen molar-refractivity contribution in [2.24, 2.45) is 0 Å². The molecule has 0 saturated carbocycles. The molecule has 0 fully saturated rings. The van der Waals surface area contributed by atoms with Gasteiger partial charge >= 0.3 is 0 Å². The number of hydrogen-bond acceptors (Lipinski definition) is 2. The van der Waals surface area contributed by atoms with E-state index in [4.69, 9.17) is 0 Å². The third-order valence-electron chi connectivity index (χ3n) is 3.76. The Hall–Kier alpha value is -1.31. The smallest absolute Gasteiger partial charge is 0.0715 e. The number of carboxylic acids is 1. The van der Waals surface area contributed by atoms with Gasteiger partial charge in [-0.2, -0.15) is 0 Å². The van der Waals surface area contributed by atoms with Crippen LogP contribution < -0.4 is 5.11 Å². The van der Waals surface area contributed by atoms with Gasteiger partial charge in [0.25, 0.3) is 0 Å². The molecule has 0 saturated heterocycles. The summed E-state index contributed by atoms with van der Waals surface area (Å²) in [7, 11) is 0. The first-order valence-electron chi connectivity index (χ1n) is 5.91. The lowest BCUT2D eigenvalue weighted by Crippen LogP contribution is -2.25. The molecule has 0 aliphatic carbocycles. The molecule has 0 bridgehead atoms. The quantitative estimate of drug-likeness (QED) is 0.763. The maximum absolute atomic E-state index is 10.7. The monoisotopic (exact) mass is 219 g/mol. The molecule has 0 unspecified atom stereocenters. The molecule has 1 rings (SSSR count). The second-order valence-corrected chi connectivity index (χ2v) is 4.21. The number of rotatable bonds is 5. The second-order valence-electron chi connectivity index (χ2n) is 4.21. The van der Waals surface area contributed by atoms with Gasteiger partial charge in [-0.25, -0.2) is 0 Å². The topological polar surface area (TPSA) is 40.1 Å². The highest BCUT2D eigenvalue weighted by atomic mass is 16.4. The summed E-state index contributed by atoms with van der Waals surface area (Å²) in [6.45, 7) is 6.54. The second kappa shape index (κ2) is 5.15. The molecule has 1 aromatic rings. The third-order valence-corrected chi connectivity index (χ3v) is 3.76. The zero-order chi connectivity index (χ0) is 12.2. The van der Waals surface area contributed by atoms with Gasteiger partial charge in [-0.05, 0) is 35.8 Å². The Morgan fingerprint density at radius 3 is 1.81 bits per heavy atom. The van der Waals surface area contributed by atoms with Crippen LogP contribution in [0.25, 0.3) is 0 Å². The summed E-state index contributed by atoms with van der Waals surface area (Å²) >= 11 is 0. The van der Waals surface area contributed by atoms with Crippen molar-refractivity contribution in [3.63, 3.8) is 0 Å². The van der Waals surface area contributed by atoms with Crippen molar-refractivity contribution < 1.29 is 9.90 Å². The first-order chi connectivity index (χ1) is 7.59. The molecule has 0 heterocycles. The van der Waals surface area contributed by atoms with Crippen LogP contribution in [0.1, 0.15) is 56.0 Å². The van der Waals surface area contributed by atoms with Crippen molar-refractivity contribution in [2.75, 3.05) is 0 Å². The van der Waals surface area contributed by atoms with Crippen LogP contribution >= 0.6 is 0 Å². The summed E-state index contributed by atoms with van der Waals surface area (Å²) in [5, 5.41) is 10.7. The van der Waals surface area contributed by atoms with E-state index in [0.717, 1.165) is 19.3 Å². The third kappa shape index (κ3) is 2.26. The number of benzene rings is 1. The molecular weight excluding hydrogens is 200 g/mol. The lowest BCUT2D eigenvalue weighted by molar-refractivity contribution is -0.255. The van der Waals surface area contributed by atoms with Crippen molar-refractivity contribution in [1.29, 1.82) is 0 Å². The average Bonchev–Trinajstić information content (AvgIpc) is 2.33. The molecule has 16 heavy (non-hydrogen) atoms. The summed E-state index contributed by atoms with van der Waals surface area (Å²) in [6, 6.07) is 7.12. The summed E-state index contributed by atoms with van der Waals surface area (Å²) < 4.78 is 0. The minimum Gasteiger partial charge on any atom is -0.545 e. The molecule has 1 aromatic carbocycles. The molecule has 2 nitrogen and oxygen atoms in total. The van der Waals surface area contributed by atoms with Gasteiger partial charge in [0.05, 0.1) is 5.97 Å². The standard InChI is InChI=1S/C14H20O2/c1-4-14(5-2,6-3)12-9-7-11(8-10-12)13(15)16/h7-10H,4-6H2,1-3H3,(H,15,16)/p-1. The van der Waals surface area contributed by atoms with Crippen LogP contribution in [0.5, 0.6) is 0 Å². The van der Waals surface area contributed by atoms with E-state index in [9.17, 15) is 9.90 Å². The minimum atomic E-state index is -1.11. The van der Waals surface area contributed by atoms with E-state index in [0.29, 0.717) is 0 Å². The molecule has 0 radical (unpaired) electrons. The van der Waals surface area contributed by atoms with Crippen molar-refractivity contribution in [3.8, 4) is 0 Å². The van der Waals surface area contributed by atoms with E-state index in [1.807, 2.05) is 12.1 Å². The summed E-state index contributed by atoms with van der Waals surface area (Å²) in [6.07, 6.45) is 3.22. The van der Waals surface area contributed by atoms with E-state index in [-0.39, 0.29) is 11.0 Å². The van der Waals surface area contributed by atoms with Gasteiger partial charge in [-0.15, -0.1) is 0 Å². The number of aromatic carboxylic acids is 1. The molecular formula is C14H19O2-. The first-order valence-corrected chi connectivity index (χ1v) is 5.91. The Morgan fingerprint density at radius 1 is 1.06 bits per heavy atom. The molecule has 0 aromatic heterocycles. The fourth-order valence-corrected chi connectivity index (χ4v) is 2.32. The maximum atomic E-state index is 10.7. The number of carbonyl (C=O) groups excluding carboxylic acids is 1. The van der Waals surface area contributed by atoms with E-state index in [1.54, 1.807) is 12.1 Å². The number of carbonyl (C=O) groups is 1. The lowest BCUT2D eigenvalue weighted by atomic mass is 9.74. The molecule has 2 heteroatoms. The lowest BCUT2D eigenvalue weighted by Gasteiger charge is -2.31. The molecule has 88 valence electrons. The van der Waals surface area contributed by atoms with Crippen LogP contribution in [-0.4, -0.2) is 5.97 Å². The minimum absolute atomic E-state index is 0.185. The number of hydrogen-bond donors (Lipinski definition) is 0. The van der Waals surface area contributed by atoms with E-state index in [2.05, 4.69) is 20.8 Å². The fraction of sp³-hybridized carbons (Fsp3) is 0.500. The Labute approximate surface area is 97.3 Å². The predicted octanol–water partition coefficient (Wildman–Crippen LogP) is 2.52. The summed E-state index contributed by atoms with van der Waals surface area (Å²) in [5.74, 6) is -1.11. The van der Waals surface area contributed by atoms with Gasteiger partial charge in [0.1, 0.15) is 0 Å². The van der Waals surface area contributed by atoms with Crippen LogP contribution in [0.3, 0.4) is 0 Å². The van der Waals surface area contributed by atoms with Gasteiger partial charge < -0.3 is 9.90 Å². The van der Waals surface area contributed by atoms with Gasteiger partial charge in [0.2, 0.25) is 0 Å². The highest BCUT2D eigenvalue weighted by molar-refractivity contribution is 5.85. The largest absolute Gasteiger partial charge is 0.545 e. The SMILES string of the molecule is CCC(CC)(CC)c1ccc(C(=O)[O-])cc1. The molecule has 0 atom stereocenters. The van der Waals surface area contributed by atoms with E-state index < -0.39 is 5.97 Å². The van der Waals surface area contributed by atoms with Crippen molar-refractivity contribution in [2.45, 2.75) is 45.4 Å². The first kappa shape index (κ1) is 12.8. The predicted molar refractivity (Wildman–Crippen MR) is 63.3 cm³/mol. The van der Waals surface area contributed by atoms with Gasteiger partial charge in [-0.1, -0.05) is 45.0 Å². The average molecular weight is 219 g/mol. The Morgan fingerprint density at radius 2 is 1.50 bits per heavy atom. The van der Waals surface area contributed by atoms with Crippen molar-refractivity contribution in [3.05, 3.63) is 35.4 Å². The molecule has 0 N–H and O–H groups in total. The van der Waals surface area contributed by atoms with Crippen LogP contribution in [0.15, 0.2) is 24.3 Å². The normalized spacial score (nSPS) is 11.4. The van der Waals surface area contributed by atoms with Crippen LogP contribution in [0, 0.1) is 0 Å². The Bertz CT molecular complexity index is 339. The zero-order valence-electron chi connectivity index (χ0n) is 10.2. The molecule has 0 aliphatic heterocycles. The Kier molecular flexibility index (Phi) is 4.11. The molecule has 0 spiro atoms. The van der Waals surface area contributed by atoms with Crippen LogP contribution in [0.2, 0.25) is 0 Å². The summed E-state index contributed by atoms with van der Waals surface area (Å²) in [5.41, 5.74) is 1.66. The van der Waals surface area contributed by atoms with Gasteiger partial charge in [-0.3, -0.25) is 0 Å². The van der Waals surface area contributed by atoms with E-state index in [1.165, 1.54) is 5.56 Å². The molecule has 0 aliphatic rings. The van der Waals surface area contributed by atoms with Gasteiger partial charge in [0.15, 0.2) is 0 Å².